The first-order valence-corrected chi connectivity index (χ1v) is 3.94. The molecule has 13 heavy (non-hydrogen) atoms. The number of hydrogen-bond acceptors (Lipinski definition) is 2. The summed E-state index contributed by atoms with van der Waals surface area (Å²) in [5.41, 5.74) is 5.98. The van der Waals surface area contributed by atoms with Crippen LogP contribution >= 0.6 is 0 Å². The van der Waals surface area contributed by atoms with Crippen molar-refractivity contribution in [3.8, 4) is 5.75 Å². The number of anilines is 1. The summed E-state index contributed by atoms with van der Waals surface area (Å²) in [6, 6.07) is 6.27. The van der Waals surface area contributed by atoms with E-state index in [9.17, 15) is 8.78 Å². The zero-order chi connectivity index (χ0) is 9.68. The van der Waals surface area contributed by atoms with Gasteiger partial charge in [0.25, 0.3) is 0 Å². The number of alkyl halides is 2. The fourth-order valence-corrected chi connectivity index (χ4v) is 0.839. The predicted octanol–water partition coefficient (Wildman–Crippen LogP) is 2.30. The molecular formula is C9H11F2NO. The van der Waals surface area contributed by atoms with E-state index in [1.807, 2.05) is 0 Å². The summed E-state index contributed by atoms with van der Waals surface area (Å²) in [5.74, 6) is 0.357. The van der Waals surface area contributed by atoms with Crippen LogP contribution in [-0.2, 0) is 0 Å². The van der Waals surface area contributed by atoms with Gasteiger partial charge in [-0.15, -0.1) is 0 Å². The van der Waals surface area contributed by atoms with Gasteiger partial charge in [0.05, 0.1) is 6.67 Å². The molecule has 2 nitrogen and oxygen atoms in total. The van der Waals surface area contributed by atoms with E-state index in [0.717, 1.165) is 0 Å². The maximum atomic E-state index is 12.7. The smallest absolute Gasteiger partial charge is 0.241 e. The predicted molar refractivity (Wildman–Crippen MR) is 47.0 cm³/mol. The van der Waals surface area contributed by atoms with Crippen LogP contribution in [0.4, 0.5) is 14.5 Å². The minimum atomic E-state index is -1.59. The van der Waals surface area contributed by atoms with Gasteiger partial charge < -0.3 is 10.5 Å². The van der Waals surface area contributed by atoms with E-state index >= 15 is 0 Å². The second-order valence-electron chi connectivity index (χ2n) is 2.57. The SMILES string of the molecule is Nc1ccc(OC(F)CCF)cc1. The minimum absolute atomic E-state index is 0.246. The van der Waals surface area contributed by atoms with Crippen molar-refractivity contribution in [3.63, 3.8) is 0 Å². The van der Waals surface area contributed by atoms with E-state index in [0.29, 0.717) is 11.4 Å². The molecule has 0 aromatic heterocycles. The first kappa shape index (κ1) is 9.77. The van der Waals surface area contributed by atoms with Gasteiger partial charge in [-0.1, -0.05) is 0 Å². The molecule has 0 radical (unpaired) electrons. The van der Waals surface area contributed by atoms with Gasteiger partial charge in [-0.3, -0.25) is 4.39 Å². The van der Waals surface area contributed by atoms with Crippen molar-refractivity contribution in [3.05, 3.63) is 24.3 Å². The molecule has 1 aromatic rings. The fraction of sp³-hybridized carbons (Fsp3) is 0.333. The van der Waals surface area contributed by atoms with Crippen molar-refractivity contribution in [2.75, 3.05) is 12.4 Å². The van der Waals surface area contributed by atoms with Crippen LogP contribution in [0.3, 0.4) is 0 Å². The zero-order valence-corrected chi connectivity index (χ0v) is 7.04. The monoisotopic (exact) mass is 187 g/mol. The standard InChI is InChI=1S/C9H11F2NO/c10-6-5-9(11)13-8-3-1-7(12)2-4-8/h1-4,9H,5-6,12H2. The van der Waals surface area contributed by atoms with Crippen LogP contribution in [0.1, 0.15) is 6.42 Å². The van der Waals surface area contributed by atoms with Crippen LogP contribution < -0.4 is 10.5 Å². The van der Waals surface area contributed by atoms with Gasteiger partial charge in [0, 0.05) is 12.1 Å². The maximum absolute atomic E-state index is 12.7. The molecule has 1 aromatic carbocycles. The van der Waals surface area contributed by atoms with Gasteiger partial charge >= 0.3 is 0 Å². The fourth-order valence-electron chi connectivity index (χ4n) is 0.839. The van der Waals surface area contributed by atoms with E-state index in [2.05, 4.69) is 0 Å². The zero-order valence-electron chi connectivity index (χ0n) is 7.04. The molecule has 0 fully saturated rings. The van der Waals surface area contributed by atoms with Gasteiger partial charge in [0.15, 0.2) is 0 Å². The lowest BCUT2D eigenvalue weighted by atomic mass is 10.3. The number of halogens is 2. The van der Waals surface area contributed by atoms with Gasteiger partial charge in [-0.05, 0) is 24.3 Å². The highest BCUT2D eigenvalue weighted by molar-refractivity contribution is 5.41. The molecule has 0 heterocycles. The van der Waals surface area contributed by atoms with Crippen LogP contribution in [0.5, 0.6) is 5.75 Å². The molecule has 1 rings (SSSR count). The van der Waals surface area contributed by atoms with Gasteiger partial charge in [0.2, 0.25) is 6.36 Å². The highest BCUT2D eigenvalue weighted by Gasteiger charge is 2.06. The van der Waals surface area contributed by atoms with Crippen LogP contribution in [0.2, 0.25) is 0 Å². The molecule has 0 saturated heterocycles. The van der Waals surface area contributed by atoms with Crippen LogP contribution in [0, 0.1) is 0 Å². The van der Waals surface area contributed by atoms with Crippen molar-refractivity contribution in [1.29, 1.82) is 0 Å². The summed E-state index contributed by atoms with van der Waals surface area (Å²) in [7, 11) is 0. The van der Waals surface area contributed by atoms with Crippen LogP contribution in [-0.4, -0.2) is 13.0 Å². The molecule has 1 atom stereocenters. The summed E-state index contributed by atoms with van der Waals surface area (Å²) in [6.07, 6.45) is -1.83. The van der Waals surface area contributed by atoms with Crippen LogP contribution in [0.25, 0.3) is 0 Å². The average molecular weight is 187 g/mol. The van der Waals surface area contributed by atoms with Gasteiger partial charge in [0.1, 0.15) is 5.75 Å². The molecule has 0 aliphatic carbocycles. The maximum Gasteiger partial charge on any atom is 0.241 e. The van der Waals surface area contributed by atoms with Gasteiger partial charge in [-0.25, -0.2) is 4.39 Å². The number of ether oxygens (including phenoxy) is 1. The average Bonchev–Trinajstić information content (AvgIpc) is 2.09. The Bertz CT molecular complexity index is 250. The van der Waals surface area contributed by atoms with Crippen molar-refractivity contribution >= 4 is 5.69 Å². The molecule has 2 N–H and O–H groups in total. The first-order valence-electron chi connectivity index (χ1n) is 3.94. The summed E-state index contributed by atoms with van der Waals surface area (Å²) in [4.78, 5) is 0. The first-order chi connectivity index (χ1) is 6.22. The Morgan fingerprint density at radius 3 is 2.46 bits per heavy atom. The Morgan fingerprint density at radius 2 is 1.92 bits per heavy atom. The van der Waals surface area contributed by atoms with Crippen LogP contribution in [0.15, 0.2) is 24.3 Å². The highest BCUT2D eigenvalue weighted by atomic mass is 19.2. The molecule has 0 aliphatic heterocycles. The van der Waals surface area contributed by atoms with E-state index in [4.69, 9.17) is 10.5 Å². The minimum Gasteiger partial charge on any atom is -0.460 e. The largest absolute Gasteiger partial charge is 0.460 e. The summed E-state index contributed by atoms with van der Waals surface area (Å²) >= 11 is 0. The molecule has 0 spiro atoms. The molecule has 72 valence electrons. The van der Waals surface area contributed by atoms with Crippen molar-refractivity contribution in [1.82, 2.24) is 0 Å². The van der Waals surface area contributed by atoms with Gasteiger partial charge in [-0.2, -0.15) is 0 Å². The Kier molecular flexibility index (Phi) is 3.49. The lowest BCUT2D eigenvalue weighted by Gasteiger charge is -2.09. The Balaban J connectivity index is 2.49. The number of nitrogens with two attached hydrogens (primary N) is 1. The summed E-state index contributed by atoms with van der Waals surface area (Å²) in [5, 5.41) is 0. The Labute approximate surface area is 75.3 Å². The Hall–Kier alpha value is -1.32. The molecular weight excluding hydrogens is 176 g/mol. The quantitative estimate of drug-likeness (QED) is 0.734. The lowest BCUT2D eigenvalue weighted by Crippen LogP contribution is -2.10. The number of hydrogen-bond donors (Lipinski definition) is 1. The Morgan fingerprint density at radius 1 is 1.31 bits per heavy atom. The molecule has 0 saturated carbocycles. The topological polar surface area (TPSA) is 35.2 Å². The molecule has 0 amide bonds. The number of benzene rings is 1. The normalized spacial score (nSPS) is 12.5. The molecule has 4 heteroatoms. The van der Waals surface area contributed by atoms with E-state index in [1.165, 1.54) is 0 Å². The van der Waals surface area contributed by atoms with Crippen molar-refractivity contribution in [2.24, 2.45) is 0 Å². The third-order valence-corrected chi connectivity index (χ3v) is 1.48. The van der Waals surface area contributed by atoms with Crippen molar-refractivity contribution in [2.45, 2.75) is 12.8 Å². The molecule has 0 aliphatic rings. The van der Waals surface area contributed by atoms with E-state index < -0.39 is 13.0 Å². The molecule has 0 bridgehead atoms. The summed E-state index contributed by atoms with van der Waals surface area (Å²) in [6.45, 7) is -0.726. The third kappa shape index (κ3) is 3.27. The second-order valence-corrected chi connectivity index (χ2v) is 2.57. The second kappa shape index (κ2) is 4.64. The van der Waals surface area contributed by atoms with Crippen molar-refractivity contribution < 1.29 is 13.5 Å². The third-order valence-electron chi connectivity index (χ3n) is 1.48. The highest BCUT2D eigenvalue weighted by Crippen LogP contribution is 2.16. The molecule has 1 unspecified atom stereocenters. The summed E-state index contributed by atoms with van der Waals surface area (Å²) < 4.78 is 29.1. The lowest BCUT2D eigenvalue weighted by molar-refractivity contribution is 0.0532. The van der Waals surface area contributed by atoms with E-state index in [1.54, 1.807) is 24.3 Å². The number of nitrogen functional groups attached to an aromatic ring is 1. The van der Waals surface area contributed by atoms with E-state index in [-0.39, 0.29) is 6.42 Å². The number of rotatable bonds is 4.